The molecule has 4 nitrogen and oxygen atoms in total. The molecule has 1 atom stereocenters. The van der Waals surface area contributed by atoms with E-state index in [2.05, 4.69) is 0 Å². The van der Waals surface area contributed by atoms with Crippen LogP contribution in [0.1, 0.15) is 11.1 Å². The van der Waals surface area contributed by atoms with Crippen molar-refractivity contribution in [2.24, 2.45) is 0 Å². The van der Waals surface area contributed by atoms with E-state index in [0.717, 1.165) is 5.56 Å². The minimum atomic E-state index is -1.11. The predicted octanol–water partition coefficient (Wildman–Crippen LogP) is 6.17. The molecule has 0 saturated heterocycles. The molecule has 0 aliphatic rings. The summed E-state index contributed by atoms with van der Waals surface area (Å²) in [6.07, 6.45) is -1.03. The third-order valence-corrected chi connectivity index (χ3v) is 4.74. The maximum atomic E-state index is 11.8. The van der Waals surface area contributed by atoms with E-state index in [0.29, 0.717) is 32.9 Å². The monoisotopic (exact) mass is 416 g/mol. The van der Waals surface area contributed by atoms with Crippen LogP contribution in [0.25, 0.3) is 0 Å². The van der Waals surface area contributed by atoms with Crippen LogP contribution < -0.4 is 9.47 Å². The molecular weight excluding hydrogens is 399 g/mol. The Balaban J connectivity index is 1.85. The fourth-order valence-corrected chi connectivity index (χ4v) is 2.97. The van der Waals surface area contributed by atoms with Crippen LogP contribution in [0.5, 0.6) is 17.2 Å². The third kappa shape index (κ3) is 5.18. The molecule has 0 amide bonds. The Morgan fingerprint density at radius 2 is 1.75 bits per heavy atom. The van der Waals surface area contributed by atoms with Crippen LogP contribution in [0, 0.1) is 6.92 Å². The van der Waals surface area contributed by atoms with Crippen molar-refractivity contribution < 1.29 is 19.4 Å². The normalized spacial score (nSPS) is 11.7. The highest BCUT2D eigenvalue weighted by atomic mass is 35.5. The van der Waals surface area contributed by atoms with Gasteiger partial charge in [-0.1, -0.05) is 41.4 Å². The summed E-state index contributed by atoms with van der Waals surface area (Å²) in [7, 11) is 0. The summed E-state index contributed by atoms with van der Waals surface area (Å²) in [5.74, 6) is 0.519. The minimum absolute atomic E-state index is 0.0831. The first-order valence-electron chi connectivity index (χ1n) is 8.59. The SMILES string of the molecule is Cc1cc(O[C@@H](Cc2cc(Cl)ccc2Oc2ccccc2)C(=O)O)ccc1Cl. The summed E-state index contributed by atoms with van der Waals surface area (Å²) < 4.78 is 11.6. The highest BCUT2D eigenvalue weighted by Gasteiger charge is 2.23. The van der Waals surface area contributed by atoms with Gasteiger partial charge in [0, 0.05) is 22.0 Å². The Morgan fingerprint density at radius 1 is 1.00 bits per heavy atom. The lowest BCUT2D eigenvalue weighted by molar-refractivity contribution is -0.145. The number of benzene rings is 3. The lowest BCUT2D eigenvalue weighted by Gasteiger charge is -2.18. The molecule has 3 rings (SSSR count). The summed E-state index contributed by atoms with van der Waals surface area (Å²) >= 11 is 12.1. The molecule has 3 aromatic carbocycles. The summed E-state index contributed by atoms with van der Waals surface area (Å²) in [6.45, 7) is 1.83. The largest absolute Gasteiger partial charge is 0.478 e. The molecule has 0 aliphatic carbocycles. The van der Waals surface area contributed by atoms with Gasteiger partial charge >= 0.3 is 5.97 Å². The molecule has 0 aromatic heterocycles. The van der Waals surface area contributed by atoms with E-state index in [1.54, 1.807) is 36.4 Å². The van der Waals surface area contributed by atoms with Gasteiger partial charge in [-0.15, -0.1) is 0 Å². The van der Waals surface area contributed by atoms with Crippen molar-refractivity contribution in [3.05, 3.63) is 87.9 Å². The highest BCUT2D eigenvalue weighted by Crippen LogP contribution is 2.30. The molecule has 0 unspecified atom stereocenters. The van der Waals surface area contributed by atoms with Gasteiger partial charge in [0.15, 0.2) is 6.10 Å². The molecule has 3 aromatic rings. The molecule has 0 spiro atoms. The second-order valence-electron chi connectivity index (χ2n) is 6.23. The Bertz CT molecular complexity index is 974. The van der Waals surface area contributed by atoms with E-state index in [1.165, 1.54) is 0 Å². The quantitative estimate of drug-likeness (QED) is 0.500. The zero-order valence-electron chi connectivity index (χ0n) is 15.1. The van der Waals surface area contributed by atoms with Gasteiger partial charge in [0.05, 0.1) is 0 Å². The van der Waals surface area contributed by atoms with Gasteiger partial charge in [-0.25, -0.2) is 4.79 Å². The summed E-state index contributed by atoms with van der Waals surface area (Å²) in [5, 5.41) is 10.7. The second kappa shape index (κ2) is 9.00. The first kappa shape index (κ1) is 20.1. The van der Waals surface area contributed by atoms with Crippen LogP contribution in [-0.2, 0) is 11.2 Å². The fraction of sp³-hybridized carbons (Fsp3) is 0.136. The second-order valence-corrected chi connectivity index (χ2v) is 7.07. The van der Waals surface area contributed by atoms with Crippen LogP contribution in [0.2, 0.25) is 10.0 Å². The van der Waals surface area contributed by atoms with E-state index in [9.17, 15) is 9.90 Å². The van der Waals surface area contributed by atoms with Crippen LogP contribution in [0.15, 0.2) is 66.7 Å². The number of ether oxygens (including phenoxy) is 2. The van der Waals surface area contributed by atoms with Gasteiger partial charge in [0.2, 0.25) is 0 Å². The standard InChI is InChI=1S/C22H18Cl2O4/c1-14-11-18(8-9-19(14)24)28-21(22(25)26)13-15-12-16(23)7-10-20(15)27-17-5-3-2-4-6-17/h2-12,21H,13H2,1H3,(H,25,26)/t21-/m0/s1. The van der Waals surface area contributed by atoms with Crippen molar-refractivity contribution in [1.29, 1.82) is 0 Å². The molecule has 1 N–H and O–H groups in total. The van der Waals surface area contributed by atoms with Crippen molar-refractivity contribution in [3.63, 3.8) is 0 Å². The van der Waals surface area contributed by atoms with Crippen LogP contribution >= 0.6 is 23.2 Å². The van der Waals surface area contributed by atoms with Crippen LogP contribution in [0.3, 0.4) is 0 Å². The number of halogens is 2. The number of rotatable bonds is 7. The number of para-hydroxylation sites is 1. The number of aryl methyl sites for hydroxylation is 1. The van der Waals surface area contributed by atoms with E-state index >= 15 is 0 Å². The smallest absolute Gasteiger partial charge is 0.345 e. The maximum Gasteiger partial charge on any atom is 0.345 e. The highest BCUT2D eigenvalue weighted by molar-refractivity contribution is 6.31. The Kier molecular flexibility index (Phi) is 6.45. The number of aliphatic carboxylic acids is 1. The molecule has 6 heteroatoms. The number of hydrogen-bond acceptors (Lipinski definition) is 3. The topological polar surface area (TPSA) is 55.8 Å². The van der Waals surface area contributed by atoms with Crippen molar-refractivity contribution >= 4 is 29.2 Å². The Labute approximate surface area is 173 Å². The first-order valence-corrected chi connectivity index (χ1v) is 9.35. The summed E-state index contributed by atoms with van der Waals surface area (Å²) in [4.78, 5) is 11.8. The van der Waals surface area contributed by atoms with E-state index in [4.69, 9.17) is 32.7 Å². The third-order valence-electron chi connectivity index (χ3n) is 4.08. The van der Waals surface area contributed by atoms with Crippen molar-refractivity contribution in [2.45, 2.75) is 19.4 Å². The lowest BCUT2D eigenvalue weighted by Crippen LogP contribution is -2.29. The zero-order chi connectivity index (χ0) is 20.1. The molecule has 0 radical (unpaired) electrons. The van der Waals surface area contributed by atoms with E-state index in [1.807, 2.05) is 37.3 Å². The molecule has 28 heavy (non-hydrogen) atoms. The summed E-state index contributed by atoms with van der Waals surface area (Å²) in [6, 6.07) is 19.4. The number of carbonyl (C=O) groups is 1. The molecule has 0 fully saturated rings. The van der Waals surface area contributed by atoms with Gasteiger partial charge in [-0.05, 0) is 61.0 Å². The molecule has 144 valence electrons. The molecule has 0 heterocycles. The van der Waals surface area contributed by atoms with Crippen molar-refractivity contribution in [3.8, 4) is 17.2 Å². The average Bonchev–Trinajstić information content (AvgIpc) is 2.67. The van der Waals surface area contributed by atoms with Gasteiger partial charge in [-0.3, -0.25) is 0 Å². The average molecular weight is 417 g/mol. The van der Waals surface area contributed by atoms with Crippen LogP contribution in [-0.4, -0.2) is 17.2 Å². The molecule has 0 aliphatic heterocycles. The Morgan fingerprint density at radius 3 is 2.43 bits per heavy atom. The predicted molar refractivity (Wildman–Crippen MR) is 110 cm³/mol. The lowest BCUT2D eigenvalue weighted by atomic mass is 10.1. The van der Waals surface area contributed by atoms with Crippen molar-refractivity contribution in [2.75, 3.05) is 0 Å². The van der Waals surface area contributed by atoms with E-state index < -0.39 is 12.1 Å². The number of carboxylic acids is 1. The number of hydrogen-bond donors (Lipinski definition) is 1. The first-order chi connectivity index (χ1) is 13.4. The van der Waals surface area contributed by atoms with Gasteiger partial charge in [-0.2, -0.15) is 0 Å². The Hall–Kier alpha value is -2.69. The van der Waals surface area contributed by atoms with Gasteiger partial charge in [0.25, 0.3) is 0 Å². The van der Waals surface area contributed by atoms with Gasteiger partial charge < -0.3 is 14.6 Å². The zero-order valence-corrected chi connectivity index (χ0v) is 16.6. The number of carboxylic acid groups (broad SMARTS) is 1. The molecular formula is C22H18Cl2O4. The maximum absolute atomic E-state index is 11.8. The minimum Gasteiger partial charge on any atom is -0.478 e. The van der Waals surface area contributed by atoms with E-state index in [-0.39, 0.29) is 6.42 Å². The van der Waals surface area contributed by atoms with Crippen LogP contribution in [0.4, 0.5) is 0 Å². The van der Waals surface area contributed by atoms with Gasteiger partial charge in [0.1, 0.15) is 17.2 Å². The van der Waals surface area contributed by atoms with Crippen molar-refractivity contribution in [1.82, 2.24) is 0 Å². The molecule has 0 bridgehead atoms. The summed E-state index contributed by atoms with van der Waals surface area (Å²) in [5.41, 5.74) is 1.44. The fourth-order valence-electron chi connectivity index (χ4n) is 2.66. The molecule has 0 saturated carbocycles.